The molecule has 2 unspecified atom stereocenters. The Kier molecular flexibility index (Phi) is 6.83. The fourth-order valence-electron chi connectivity index (χ4n) is 6.66. The number of aromatic nitrogens is 3. The van der Waals surface area contributed by atoms with E-state index in [0.717, 1.165) is 5.52 Å². The summed E-state index contributed by atoms with van der Waals surface area (Å²) in [5, 5.41) is 18.2. The average molecular weight is 524 g/mol. The van der Waals surface area contributed by atoms with Crippen molar-refractivity contribution in [1.29, 1.82) is 0 Å². The summed E-state index contributed by atoms with van der Waals surface area (Å²) in [5.41, 5.74) is -0.652. The summed E-state index contributed by atoms with van der Waals surface area (Å²) >= 11 is 0. The third-order valence-corrected chi connectivity index (χ3v) is 8.24. The highest BCUT2D eigenvalue weighted by Gasteiger charge is 2.79. The van der Waals surface area contributed by atoms with E-state index < -0.39 is 35.0 Å². The smallest absolute Gasteiger partial charge is 0.313 e. The molecule has 202 valence electrons. The number of hydrogen-bond donors (Lipinski definition) is 1. The number of nitrogens with zero attached hydrogens (tertiary/aromatic N) is 5. The molecular formula is C27H33N5O6. The Hall–Kier alpha value is -3.57. The quantitative estimate of drug-likeness (QED) is 0.345. The summed E-state index contributed by atoms with van der Waals surface area (Å²) in [6.07, 6.45) is 4.54. The molecular weight excluding hydrogens is 490 g/mol. The minimum Gasteiger partial charge on any atom is -0.461 e. The van der Waals surface area contributed by atoms with Crippen molar-refractivity contribution >= 4 is 28.8 Å². The van der Waals surface area contributed by atoms with Crippen molar-refractivity contribution in [3.8, 4) is 0 Å². The van der Waals surface area contributed by atoms with Crippen molar-refractivity contribution in [2.24, 2.45) is 11.8 Å². The van der Waals surface area contributed by atoms with E-state index in [9.17, 15) is 19.5 Å². The van der Waals surface area contributed by atoms with Crippen LogP contribution in [0.15, 0.2) is 49.6 Å². The first-order chi connectivity index (χ1) is 18.4. The lowest BCUT2D eigenvalue weighted by Gasteiger charge is -2.36. The molecule has 3 aliphatic rings. The first-order valence-electron chi connectivity index (χ1n) is 12.9. The van der Waals surface area contributed by atoms with Crippen molar-refractivity contribution in [2.45, 2.75) is 50.1 Å². The zero-order valence-corrected chi connectivity index (χ0v) is 21.5. The Bertz CT molecular complexity index is 1280. The van der Waals surface area contributed by atoms with Gasteiger partial charge in [0.05, 0.1) is 23.6 Å². The molecule has 2 aromatic rings. The lowest BCUT2D eigenvalue weighted by atomic mass is 9.65. The Balaban J connectivity index is 1.53. The summed E-state index contributed by atoms with van der Waals surface area (Å²) < 4.78 is 13.7. The Morgan fingerprint density at radius 3 is 2.79 bits per heavy atom. The number of likely N-dealkylation sites (tertiary alicyclic amines) is 1. The van der Waals surface area contributed by atoms with Crippen molar-refractivity contribution in [3.63, 3.8) is 0 Å². The van der Waals surface area contributed by atoms with Gasteiger partial charge in [-0.15, -0.1) is 11.7 Å². The predicted octanol–water partition coefficient (Wildman–Crippen LogP) is 1.28. The SMILES string of the molecule is C=CCOC(=O)[C@@H]1[C@H]2C(=O)N(CCO)C(C(=O)N(CC=C)Cn3nnc4ccccc43)C23CC[C@@]1(CC)O3. The molecule has 0 radical (unpaired) electrons. The van der Waals surface area contributed by atoms with Gasteiger partial charge in [-0.1, -0.05) is 43.0 Å². The molecule has 1 aromatic heterocycles. The number of fused-ring (bicyclic) bond motifs is 2. The number of carbonyl (C=O) groups excluding carboxylic acids is 3. The third-order valence-electron chi connectivity index (χ3n) is 8.24. The summed E-state index contributed by atoms with van der Waals surface area (Å²) in [5.74, 6) is -2.99. The largest absolute Gasteiger partial charge is 0.461 e. The maximum Gasteiger partial charge on any atom is 0.313 e. The van der Waals surface area contributed by atoms with Crippen molar-refractivity contribution in [3.05, 3.63) is 49.6 Å². The number of benzene rings is 1. The molecule has 1 N–H and O–H groups in total. The monoisotopic (exact) mass is 523 g/mol. The summed E-state index contributed by atoms with van der Waals surface area (Å²) in [6.45, 7) is 9.22. The number of hydrogen-bond acceptors (Lipinski definition) is 8. The normalized spacial score (nSPS) is 29.5. The number of aliphatic hydroxyl groups excluding tert-OH is 1. The second-order valence-electron chi connectivity index (χ2n) is 10.1. The highest BCUT2D eigenvalue weighted by atomic mass is 16.6. The van der Waals surface area contributed by atoms with Crippen LogP contribution >= 0.6 is 0 Å². The molecule has 5 rings (SSSR count). The summed E-state index contributed by atoms with van der Waals surface area (Å²) in [4.78, 5) is 44.4. The van der Waals surface area contributed by atoms with Crippen LogP contribution in [0.1, 0.15) is 26.2 Å². The van der Waals surface area contributed by atoms with Gasteiger partial charge in [-0.2, -0.15) is 0 Å². The van der Waals surface area contributed by atoms with E-state index in [1.165, 1.54) is 11.0 Å². The summed E-state index contributed by atoms with van der Waals surface area (Å²) in [7, 11) is 0. The molecule has 2 amide bonds. The molecule has 3 aliphatic heterocycles. The van der Waals surface area contributed by atoms with Crippen LogP contribution in [0.25, 0.3) is 11.0 Å². The Morgan fingerprint density at radius 2 is 2.08 bits per heavy atom. The van der Waals surface area contributed by atoms with Gasteiger partial charge in [-0.3, -0.25) is 14.4 Å². The topological polar surface area (TPSA) is 127 Å². The molecule has 11 nitrogen and oxygen atoms in total. The molecule has 11 heteroatoms. The van der Waals surface area contributed by atoms with Gasteiger partial charge in [0.25, 0.3) is 0 Å². The fourth-order valence-corrected chi connectivity index (χ4v) is 6.66. The Labute approximate surface area is 220 Å². The lowest BCUT2D eigenvalue weighted by Crippen LogP contribution is -2.56. The number of para-hydroxylation sites is 1. The minimum atomic E-state index is -1.21. The van der Waals surface area contributed by atoms with Crippen LogP contribution in [0.5, 0.6) is 0 Å². The first kappa shape index (κ1) is 26.1. The molecule has 4 heterocycles. The lowest BCUT2D eigenvalue weighted by molar-refractivity contribution is -0.161. The third kappa shape index (κ3) is 3.75. The molecule has 0 saturated carbocycles. The average Bonchev–Trinajstić information content (AvgIpc) is 3.65. The van der Waals surface area contributed by atoms with Crippen molar-refractivity contribution < 1.29 is 29.0 Å². The number of ether oxygens (including phenoxy) is 2. The number of carbonyl (C=O) groups is 3. The second-order valence-corrected chi connectivity index (χ2v) is 10.1. The standard InChI is InChI=1S/C27H33N5O6/c1-4-13-30(17-32-19-10-8-7-9-18(19)28-29-32)24(35)22-27-12-11-26(6-3,38-27)21(25(36)37-16-5-2)20(27)23(34)31(22)14-15-33/h4-5,7-10,20-22,33H,1-2,6,11-17H2,3H3/t20-,21-,22?,26+,27?/m0/s1. The first-order valence-corrected chi connectivity index (χ1v) is 12.9. The van der Waals surface area contributed by atoms with Crippen LogP contribution < -0.4 is 0 Å². The van der Waals surface area contributed by atoms with Gasteiger partial charge in [0.2, 0.25) is 11.8 Å². The number of rotatable bonds is 11. The number of β-amino-alcohol motifs (C(OH)–C–C–N with tert-alkyl or cyclic N) is 1. The van der Waals surface area contributed by atoms with Crippen LogP contribution in [0.2, 0.25) is 0 Å². The van der Waals surface area contributed by atoms with Crippen LogP contribution in [-0.2, 0) is 30.5 Å². The van der Waals surface area contributed by atoms with Gasteiger partial charge in [0, 0.05) is 13.1 Å². The zero-order chi connectivity index (χ0) is 27.1. The molecule has 1 aromatic carbocycles. The molecule has 3 fully saturated rings. The van der Waals surface area contributed by atoms with E-state index in [4.69, 9.17) is 9.47 Å². The van der Waals surface area contributed by atoms with Gasteiger partial charge in [0.1, 0.15) is 36.4 Å². The molecule has 2 bridgehead atoms. The van der Waals surface area contributed by atoms with Gasteiger partial charge >= 0.3 is 5.97 Å². The van der Waals surface area contributed by atoms with Gasteiger partial charge in [-0.25, -0.2) is 4.68 Å². The van der Waals surface area contributed by atoms with Gasteiger partial charge < -0.3 is 24.4 Å². The van der Waals surface area contributed by atoms with E-state index in [1.54, 1.807) is 15.7 Å². The maximum atomic E-state index is 14.3. The van der Waals surface area contributed by atoms with Crippen LogP contribution in [0, 0.1) is 11.8 Å². The molecule has 38 heavy (non-hydrogen) atoms. The van der Waals surface area contributed by atoms with E-state index in [-0.39, 0.29) is 44.8 Å². The van der Waals surface area contributed by atoms with Crippen LogP contribution in [0.4, 0.5) is 0 Å². The van der Waals surface area contributed by atoms with Crippen LogP contribution in [-0.4, -0.2) is 91.2 Å². The minimum absolute atomic E-state index is 0.0186. The van der Waals surface area contributed by atoms with E-state index >= 15 is 0 Å². The highest BCUT2D eigenvalue weighted by molar-refractivity contribution is 5.98. The number of aliphatic hydroxyl groups is 1. The molecule has 0 aliphatic carbocycles. The summed E-state index contributed by atoms with van der Waals surface area (Å²) in [6, 6.07) is 6.40. The fraction of sp³-hybridized carbons (Fsp3) is 0.519. The van der Waals surface area contributed by atoms with Crippen molar-refractivity contribution in [1.82, 2.24) is 24.8 Å². The van der Waals surface area contributed by atoms with E-state index in [2.05, 4.69) is 23.5 Å². The Morgan fingerprint density at radius 1 is 1.29 bits per heavy atom. The van der Waals surface area contributed by atoms with Crippen LogP contribution in [0.3, 0.4) is 0 Å². The van der Waals surface area contributed by atoms with Gasteiger partial charge in [0.15, 0.2) is 0 Å². The molecule has 5 atom stereocenters. The van der Waals surface area contributed by atoms with Gasteiger partial charge in [-0.05, 0) is 31.4 Å². The molecule has 1 spiro atoms. The van der Waals surface area contributed by atoms with E-state index in [0.29, 0.717) is 24.8 Å². The molecule has 3 saturated heterocycles. The highest BCUT2D eigenvalue weighted by Crippen LogP contribution is 2.64. The zero-order valence-electron chi connectivity index (χ0n) is 21.5. The second kappa shape index (κ2) is 9.95. The number of esters is 1. The maximum absolute atomic E-state index is 14.3. The van der Waals surface area contributed by atoms with Crippen molar-refractivity contribution in [2.75, 3.05) is 26.3 Å². The predicted molar refractivity (Wildman–Crippen MR) is 136 cm³/mol. The van der Waals surface area contributed by atoms with E-state index in [1.807, 2.05) is 31.2 Å². The number of amides is 2.